The van der Waals surface area contributed by atoms with Crippen LogP contribution in [0.25, 0.3) is 27.1 Å². The third-order valence-corrected chi connectivity index (χ3v) is 4.32. The predicted molar refractivity (Wildman–Crippen MR) is 83.5 cm³/mol. The van der Waals surface area contributed by atoms with Crippen LogP contribution < -0.4 is 0 Å². The molecule has 0 bridgehead atoms. The van der Waals surface area contributed by atoms with E-state index in [1.54, 1.807) is 10.7 Å². The fourth-order valence-electron chi connectivity index (χ4n) is 2.27. The quantitative estimate of drug-likeness (QED) is 0.581. The Kier molecular flexibility index (Phi) is 2.97. The molecule has 0 amide bonds. The zero-order chi connectivity index (χ0) is 15.1. The van der Waals surface area contributed by atoms with Gasteiger partial charge in [-0.3, -0.25) is 9.67 Å². The van der Waals surface area contributed by atoms with Crippen molar-refractivity contribution >= 4 is 16.3 Å². The Morgan fingerprint density at radius 2 is 2.09 bits per heavy atom. The molecule has 0 spiro atoms. The van der Waals surface area contributed by atoms with E-state index in [9.17, 15) is 0 Å². The Morgan fingerprint density at radius 3 is 2.82 bits per heavy atom. The van der Waals surface area contributed by atoms with Gasteiger partial charge in [-0.25, -0.2) is 0 Å². The van der Waals surface area contributed by atoms with Crippen LogP contribution in [0.2, 0.25) is 0 Å². The van der Waals surface area contributed by atoms with E-state index in [4.69, 9.17) is 0 Å². The second-order valence-corrected chi connectivity index (χ2v) is 5.78. The summed E-state index contributed by atoms with van der Waals surface area (Å²) in [5, 5.41) is 18.4. The maximum absolute atomic E-state index is 4.64. The summed E-state index contributed by atoms with van der Waals surface area (Å²) in [6.45, 7) is 4.89. The van der Waals surface area contributed by atoms with Gasteiger partial charge in [0, 0.05) is 18.9 Å². The van der Waals surface area contributed by atoms with Crippen LogP contribution in [0.5, 0.6) is 0 Å². The molecule has 0 saturated heterocycles. The second-order valence-electron chi connectivity index (χ2n) is 4.82. The van der Waals surface area contributed by atoms with Gasteiger partial charge >= 0.3 is 0 Å². The lowest BCUT2D eigenvalue weighted by Gasteiger charge is -1.94. The largest absolute Gasteiger partial charge is 0.272 e. The molecular weight excluding hydrogens is 298 g/mol. The summed E-state index contributed by atoms with van der Waals surface area (Å²) in [4.78, 5) is 5.06. The van der Waals surface area contributed by atoms with E-state index in [2.05, 4.69) is 32.3 Å². The number of rotatable bonds is 3. The maximum Gasteiger partial charge on any atom is 0.235 e. The number of aromatic nitrogens is 7. The third kappa shape index (κ3) is 2.00. The molecule has 4 aromatic heterocycles. The molecule has 4 aromatic rings. The highest BCUT2D eigenvalue weighted by molar-refractivity contribution is 7.19. The summed E-state index contributed by atoms with van der Waals surface area (Å²) in [6.07, 6.45) is 3.75. The summed E-state index contributed by atoms with van der Waals surface area (Å²) < 4.78 is 3.65. The van der Waals surface area contributed by atoms with Gasteiger partial charge in [-0.15, -0.1) is 10.2 Å². The zero-order valence-corrected chi connectivity index (χ0v) is 12.9. The topological polar surface area (TPSA) is 73.8 Å². The predicted octanol–water partition coefficient (Wildman–Crippen LogP) is 2.44. The molecule has 0 N–H and O–H groups in total. The van der Waals surface area contributed by atoms with Gasteiger partial charge in [-0.1, -0.05) is 17.4 Å². The Bertz CT molecular complexity index is 935. The van der Waals surface area contributed by atoms with Gasteiger partial charge in [0.2, 0.25) is 10.8 Å². The highest BCUT2D eigenvalue weighted by Gasteiger charge is 2.17. The highest BCUT2D eigenvalue weighted by atomic mass is 32.1. The molecular formula is C14H13N7S. The Hall–Kier alpha value is -2.61. The Balaban J connectivity index is 1.85. The third-order valence-electron chi connectivity index (χ3n) is 3.39. The van der Waals surface area contributed by atoms with Gasteiger partial charge in [-0.2, -0.15) is 14.7 Å². The molecule has 0 atom stereocenters. The number of nitrogens with zero attached hydrogens (tertiary/aromatic N) is 7. The molecule has 0 fully saturated rings. The molecule has 8 heteroatoms. The molecule has 0 radical (unpaired) electrons. The van der Waals surface area contributed by atoms with E-state index in [0.717, 1.165) is 33.5 Å². The summed E-state index contributed by atoms with van der Waals surface area (Å²) in [5.74, 6) is 0.652. The molecule has 4 rings (SSSR count). The molecule has 4 heterocycles. The number of pyridine rings is 1. The van der Waals surface area contributed by atoms with E-state index < -0.39 is 0 Å². The molecule has 110 valence electrons. The lowest BCUT2D eigenvalue weighted by molar-refractivity contribution is 0.653. The summed E-state index contributed by atoms with van der Waals surface area (Å²) in [7, 11) is 0. The van der Waals surface area contributed by atoms with Crippen LogP contribution in [0, 0.1) is 6.92 Å². The average Bonchev–Trinajstić information content (AvgIpc) is 3.21. The smallest absolute Gasteiger partial charge is 0.235 e. The first kappa shape index (κ1) is 13.1. The van der Waals surface area contributed by atoms with Crippen molar-refractivity contribution in [2.24, 2.45) is 0 Å². The molecule has 0 aliphatic rings. The molecule has 0 aliphatic carbocycles. The summed E-state index contributed by atoms with van der Waals surface area (Å²) >= 11 is 1.50. The van der Waals surface area contributed by atoms with Crippen LogP contribution in [0.4, 0.5) is 0 Å². The minimum absolute atomic E-state index is 0.652. The number of fused-ring (bicyclic) bond motifs is 1. The van der Waals surface area contributed by atoms with Crippen molar-refractivity contribution in [3.63, 3.8) is 0 Å². The number of aryl methyl sites for hydroxylation is 2. The van der Waals surface area contributed by atoms with Gasteiger partial charge in [0.25, 0.3) is 0 Å². The lowest BCUT2D eigenvalue weighted by atomic mass is 10.3. The summed E-state index contributed by atoms with van der Waals surface area (Å²) in [6, 6.07) is 5.69. The van der Waals surface area contributed by atoms with E-state index in [1.807, 2.05) is 36.0 Å². The minimum atomic E-state index is 0.652. The summed E-state index contributed by atoms with van der Waals surface area (Å²) in [5.41, 5.74) is 2.75. The van der Waals surface area contributed by atoms with Gasteiger partial charge in [0.1, 0.15) is 5.69 Å². The van der Waals surface area contributed by atoms with E-state index in [1.165, 1.54) is 11.3 Å². The Labute approximate surface area is 130 Å². The average molecular weight is 311 g/mol. The fraction of sp³-hybridized carbons (Fsp3) is 0.214. The highest BCUT2D eigenvalue weighted by Crippen LogP contribution is 2.29. The molecule has 0 aromatic carbocycles. The molecule has 7 nitrogen and oxygen atoms in total. The van der Waals surface area contributed by atoms with Crippen LogP contribution >= 0.6 is 11.3 Å². The van der Waals surface area contributed by atoms with Crippen LogP contribution in [0.15, 0.2) is 30.6 Å². The van der Waals surface area contributed by atoms with Gasteiger partial charge in [0.05, 0.1) is 11.3 Å². The van der Waals surface area contributed by atoms with Crippen molar-refractivity contribution in [1.82, 2.24) is 34.6 Å². The van der Waals surface area contributed by atoms with Crippen molar-refractivity contribution in [1.29, 1.82) is 0 Å². The van der Waals surface area contributed by atoms with Crippen molar-refractivity contribution in [3.05, 3.63) is 36.3 Å². The number of hydrogen-bond acceptors (Lipinski definition) is 6. The standard InChI is InChI=1S/C14H13N7S/c1-3-20-8-10(9(2)18-20)13-19-21-12(16-17-14(21)22-13)11-6-4-5-7-15-11/h4-8H,3H2,1-2H3. The molecule has 0 aliphatic heterocycles. The van der Waals surface area contributed by atoms with Gasteiger partial charge < -0.3 is 0 Å². The van der Waals surface area contributed by atoms with Gasteiger partial charge in [-0.05, 0) is 26.0 Å². The van der Waals surface area contributed by atoms with Crippen LogP contribution in [-0.2, 0) is 6.54 Å². The van der Waals surface area contributed by atoms with Crippen molar-refractivity contribution in [2.45, 2.75) is 20.4 Å². The van der Waals surface area contributed by atoms with Crippen molar-refractivity contribution < 1.29 is 0 Å². The van der Waals surface area contributed by atoms with Gasteiger partial charge in [0.15, 0.2) is 5.01 Å². The first-order valence-corrected chi connectivity index (χ1v) is 7.76. The molecule has 0 saturated carbocycles. The number of hydrogen-bond donors (Lipinski definition) is 0. The lowest BCUT2D eigenvalue weighted by Crippen LogP contribution is -1.93. The normalized spacial score (nSPS) is 11.4. The van der Waals surface area contributed by atoms with Crippen molar-refractivity contribution in [3.8, 4) is 22.1 Å². The van der Waals surface area contributed by atoms with Crippen LogP contribution in [0.1, 0.15) is 12.6 Å². The maximum atomic E-state index is 4.64. The first-order valence-electron chi connectivity index (χ1n) is 6.94. The van der Waals surface area contributed by atoms with E-state index >= 15 is 0 Å². The minimum Gasteiger partial charge on any atom is -0.272 e. The zero-order valence-electron chi connectivity index (χ0n) is 12.1. The van der Waals surface area contributed by atoms with Crippen molar-refractivity contribution in [2.75, 3.05) is 0 Å². The monoisotopic (exact) mass is 311 g/mol. The van der Waals surface area contributed by atoms with E-state index in [0.29, 0.717) is 5.82 Å². The molecule has 0 unspecified atom stereocenters. The first-order chi connectivity index (χ1) is 10.8. The second kappa shape index (κ2) is 4.99. The molecule has 22 heavy (non-hydrogen) atoms. The fourth-order valence-corrected chi connectivity index (χ4v) is 3.17. The van der Waals surface area contributed by atoms with Crippen LogP contribution in [-0.4, -0.2) is 34.6 Å². The SMILES string of the molecule is CCn1cc(-c2nn3c(-c4ccccn4)nnc3s2)c(C)n1. The Morgan fingerprint density at radius 1 is 1.18 bits per heavy atom. The van der Waals surface area contributed by atoms with E-state index in [-0.39, 0.29) is 0 Å². The van der Waals surface area contributed by atoms with Crippen LogP contribution in [0.3, 0.4) is 0 Å².